The van der Waals surface area contributed by atoms with Crippen LogP contribution in [-0.2, 0) is 9.53 Å². The molecule has 7 heteroatoms. The molecule has 0 bridgehead atoms. The van der Waals surface area contributed by atoms with E-state index in [0.29, 0.717) is 16.6 Å². The van der Waals surface area contributed by atoms with Crippen molar-refractivity contribution >= 4 is 22.9 Å². The van der Waals surface area contributed by atoms with Crippen molar-refractivity contribution in [3.63, 3.8) is 0 Å². The molecule has 7 nitrogen and oxygen atoms in total. The Morgan fingerprint density at radius 3 is 2.56 bits per heavy atom. The molecule has 1 amide bonds. The van der Waals surface area contributed by atoms with Crippen LogP contribution in [0, 0.1) is 6.92 Å². The highest BCUT2D eigenvalue weighted by molar-refractivity contribution is 5.97. The number of ether oxygens (including phenoxy) is 1. The van der Waals surface area contributed by atoms with Gasteiger partial charge >= 0.3 is 5.97 Å². The largest absolute Gasteiger partial charge is 0.469 e. The Hall–Kier alpha value is -3.22. The number of aromatic nitrogens is 3. The SMILES string of the molecule is COC(=O)C[C@H](NC(=O)c1ccc2n[nH]nc2c1)c1ccc(C)cc1. The molecule has 0 fully saturated rings. The molecular weight excluding hydrogens is 320 g/mol. The molecule has 0 spiro atoms. The lowest BCUT2D eigenvalue weighted by Gasteiger charge is -2.18. The molecule has 2 aromatic carbocycles. The fraction of sp³-hybridized carbons (Fsp3) is 0.222. The quantitative estimate of drug-likeness (QED) is 0.696. The van der Waals surface area contributed by atoms with Crippen molar-refractivity contribution < 1.29 is 14.3 Å². The van der Waals surface area contributed by atoms with Gasteiger partial charge in [-0.1, -0.05) is 29.8 Å². The van der Waals surface area contributed by atoms with Gasteiger partial charge in [-0.25, -0.2) is 0 Å². The number of aromatic amines is 1. The van der Waals surface area contributed by atoms with Crippen molar-refractivity contribution in [1.29, 1.82) is 0 Å². The number of hydrogen-bond acceptors (Lipinski definition) is 5. The molecule has 0 aliphatic rings. The van der Waals surface area contributed by atoms with Gasteiger partial charge in [-0.2, -0.15) is 15.4 Å². The van der Waals surface area contributed by atoms with Crippen LogP contribution in [-0.4, -0.2) is 34.4 Å². The number of amides is 1. The molecule has 1 heterocycles. The minimum atomic E-state index is -0.478. The Labute approximate surface area is 144 Å². The zero-order valence-electron chi connectivity index (χ0n) is 13.9. The summed E-state index contributed by atoms with van der Waals surface area (Å²) in [4.78, 5) is 24.3. The second-order valence-electron chi connectivity index (χ2n) is 5.74. The number of benzene rings is 2. The van der Waals surface area contributed by atoms with E-state index in [9.17, 15) is 9.59 Å². The highest BCUT2D eigenvalue weighted by Gasteiger charge is 2.20. The van der Waals surface area contributed by atoms with Crippen LogP contribution in [0.3, 0.4) is 0 Å². The lowest BCUT2D eigenvalue weighted by Crippen LogP contribution is -2.30. The summed E-state index contributed by atoms with van der Waals surface area (Å²) in [6.45, 7) is 1.98. The van der Waals surface area contributed by atoms with Gasteiger partial charge in [-0.05, 0) is 30.7 Å². The standard InChI is InChI=1S/C18H18N4O3/c1-11-3-5-12(6-4-11)15(10-17(23)25-2)19-18(24)13-7-8-14-16(9-13)21-22-20-14/h3-9,15H,10H2,1-2H3,(H,19,24)(H,20,21,22)/t15-/m0/s1. The fourth-order valence-electron chi connectivity index (χ4n) is 2.52. The Morgan fingerprint density at radius 2 is 1.84 bits per heavy atom. The molecule has 2 N–H and O–H groups in total. The molecule has 3 rings (SSSR count). The third kappa shape index (κ3) is 3.82. The Kier molecular flexibility index (Phi) is 4.74. The van der Waals surface area contributed by atoms with E-state index >= 15 is 0 Å². The lowest BCUT2D eigenvalue weighted by atomic mass is 10.0. The van der Waals surface area contributed by atoms with Gasteiger partial charge in [0.2, 0.25) is 0 Å². The number of aryl methyl sites for hydroxylation is 1. The number of esters is 1. The second-order valence-corrected chi connectivity index (χ2v) is 5.74. The van der Waals surface area contributed by atoms with Crippen LogP contribution in [0.25, 0.3) is 11.0 Å². The van der Waals surface area contributed by atoms with Gasteiger partial charge in [0, 0.05) is 5.56 Å². The molecule has 25 heavy (non-hydrogen) atoms. The number of nitrogens with one attached hydrogen (secondary N) is 2. The second kappa shape index (κ2) is 7.12. The van der Waals surface area contributed by atoms with Crippen LogP contribution < -0.4 is 5.32 Å². The third-order valence-electron chi connectivity index (χ3n) is 3.96. The zero-order chi connectivity index (χ0) is 17.8. The van der Waals surface area contributed by atoms with E-state index in [4.69, 9.17) is 4.74 Å². The van der Waals surface area contributed by atoms with E-state index in [2.05, 4.69) is 20.7 Å². The summed E-state index contributed by atoms with van der Waals surface area (Å²) in [5.74, 6) is -0.683. The number of methoxy groups -OCH3 is 1. The van der Waals surface area contributed by atoms with Crippen LogP contribution in [0.4, 0.5) is 0 Å². The maximum Gasteiger partial charge on any atom is 0.307 e. The molecule has 0 saturated carbocycles. The lowest BCUT2D eigenvalue weighted by molar-refractivity contribution is -0.141. The number of fused-ring (bicyclic) bond motifs is 1. The minimum absolute atomic E-state index is 0.0531. The Bertz CT molecular complexity index is 902. The van der Waals surface area contributed by atoms with Crippen molar-refractivity contribution in [1.82, 2.24) is 20.7 Å². The van der Waals surface area contributed by atoms with Gasteiger partial charge in [-0.15, -0.1) is 0 Å². The summed E-state index contributed by atoms with van der Waals surface area (Å²) in [6.07, 6.45) is 0.0531. The highest BCUT2D eigenvalue weighted by Crippen LogP contribution is 2.20. The van der Waals surface area contributed by atoms with Crippen LogP contribution >= 0.6 is 0 Å². The average Bonchev–Trinajstić information content (AvgIpc) is 3.09. The number of hydrogen-bond donors (Lipinski definition) is 2. The van der Waals surface area contributed by atoms with Crippen molar-refractivity contribution in [2.24, 2.45) is 0 Å². The number of nitrogens with zero attached hydrogens (tertiary/aromatic N) is 2. The van der Waals surface area contributed by atoms with Crippen molar-refractivity contribution in [3.05, 3.63) is 59.2 Å². The molecule has 0 aliphatic heterocycles. The number of carbonyl (C=O) groups excluding carboxylic acids is 2. The zero-order valence-corrected chi connectivity index (χ0v) is 13.9. The molecule has 1 aromatic heterocycles. The summed E-state index contributed by atoms with van der Waals surface area (Å²) in [5.41, 5.74) is 3.67. The highest BCUT2D eigenvalue weighted by atomic mass is 16.5. The monoisotopic (exact) mass is 338 g/mol. The maximum atomic E-state index is 12.6. The first-order chi connectivity index (χ1) is 12.1. The number of rotatable bonds is 5. The van der Waals surface area contributed by atoms with E-state index in [1.165, 1.54) is 7.11 Å². The fourth-order valence-corrected chi connectivity index (χ4v) is 2.52. The first-order valence-electron chi connectivity index (χ1n) is 7.81. The van der Waals surface area contributed by atoms with Gasteiger partial charge in [0.25, 0.3) is 5.91 Å². The number of H-pyrrole nitrogens is 1. The van der Waals surface area contributed by atoms with E-state index in [1.807, 2.05) is 31.2 Å². The molecule has 0 radical (unpaired) electrons. The van der Waals surface area contributed by atoms with E-state index in [0.717, 1.165) is 11.1 Å². The summed E-state index contributed by atoms with van der Waals surface area (Å²) >= 11 is 0. The molecule has 0 aliphatic carbocycles. The molecule has 3 aromatic rings. The smallest absolute Gasteiger partial charge is 0.307 e. The van der Waals surface area contributed by atoms with E-state index < -0.39 is 12.0 Å². The van der Waals surface area contributed by atoms with E-state index in [-0.39, 0.29) is 12.3 Å². The third-order valence-corrected chi connectivity index (χ3v) is 3.96. The molecular formula is C18H18N4O3. The van der Waals surface area contributed by atoms with Crippen LogP contribution in [0.15, 0.2) is 42.5 Å². The van der Waals surface area contributed by atoms with Gasteiger partial charge in [0.05, 0.1) is 19.6 Å². The molecule has 0 saturated heterocycles. The number of carbonyl (C=O) groups is 2. The van der Waals surface area contributed by atoms with Gasteiger partial charge in [-0.3, -0.25) is 9.59 Å². The molecule has 1 atom stereocenters. The summed E-state index contributed by atoms with van der Waals surface area (Å²) in [7, 11) is 1.33. The van der Waals surface area contributed by atoms with Crippen molar-refractivity contribution in [2.75, 3.05) is 7.11 Å². The van der Waals surface area contributed by atoms with Gasteiger partial charge in [0.1, 0.15) is 11.0 Å². The van der Waals surface area contributed by atoms with Crippen molar-refractivity contribution in [3.8, 4) is 0 Å². The Balaban J connectivity index is 1.83. The topological polar surface area (TPSA) is 97.0 Å². The molecule has 128 valence electrons. The normalized spacial score (nSPS) is 11.9. The van der Waals surface area contributed by atoms with Crippen LogP contribution in [0.2, 0.25) is 0 Å². The van der Waals surface area contributed by atoms with Gasteiger partial charge in [0.15, 0.2) is 0 Å². The summed E-state index contributed by atoms with van der Waals surface area (Å²) in [5, 5.41) is 13.3. The predicted octanol–water partition coefficient (Wildman–Crippen LogP) is 2.30. The first kappa shape index (κ1) is 16.6. The molecule has 0 unspecified atom stereocenters. The summed E-state index contributed by atoms with van der Waals surface area (Å²) < 4.78 is 4.75. The first-order valence-corrected chi connectivity index (χ1v) is 7.81. The summed E-state index contributed by atoms with van der Waals surface area (Å²) in [6, 6.07) is 12.2. The van der Waals surface area contributed by atoms with Crippen molar-refractivity contribution in [2.45, 2.75) is 19.4 Å². The van der Waals surface area contributed by atoms with E-state index in [1.54, 1.807) is 18.2 Å². The average molecular weight is 338 g/mol. The minimum Gasteiger partial charge on any atom is -0.469 e. The van der Waals surface area contributed by atoms with Crippen LogP contribution in [0.5, 0.6) is 0 Å². The predicted molar refractivity (Wildman–Crippen MR) is 91.9 cm³/mol. The Morgan fingerprint density at radius 1 is 1.12 bits per heavy atom. The van der Waals surface area contributed by atoms with Gasteiger partial charge < -0.3 is 10.1 Å². The maximum absolute atomic E-state index is 12.6. The van der Waals surface area contributed by atoms with Crippen LogP contribution in [0.1, 0.15) is 33.9 Å².